The number of aliphatic hydroxyl groups is 1. The van der Waals surface area contributed by atoms with Gasteiger partial charge in [-0.1, -0.05) is 42.1 Å². The summed E-state index contributed by atoms with van der Waals surface area (Å²) in [6, 6.07) is 10.1. The van der Waals surface area contributed by atoms with E-state index in [1.54, 1.807) is 12.1 Å². The third-order valence-electron chi connectivity index (χ3n) is 5.48. The number of hydroxylamine groups is 1. The minimum Gasteiger partial charge on any atom is -0.354 e. The molecule has 2 aromatic heterocycles. The minimum absolute atomic E-state index is 0.0282. The molecule has 158 valence electrons. The van der Waals surface area contributed by atoms with E-state index in [0.29, 0.717) is 12.1 Å². The fourth-order valence-corrected chi connectivity index (χ4v) is 4.03. The van der Waals surface area contributed by atoms with Gasteiger partial charge in [0.25, 0.3) is 5.79 Å². The van der Waals surface area contributed by atoms with Crippen molar-refractivity contribution in [1.82, 2.24) is 15.6 Å². The van der Waals surface area contributed by atoms with Crippen LogP contribution in [0, 0.1) is 0 Å². The van der Waals surface area contributed by atoms with Gasteiger partial charge < -0.3 is 9.63 Å². The molecule has 0 spiro atoms. The molecule has 3 heterocycles. The first-order chi connectivity index (χ1) is 14.8. The molecule has 3 aromatic rings. The van der Waals surface area contributed by atoms with Crippen molar-refractivity contribution in [2.45, 2.75) is 24.8 Å². The van der Waals surface area contributed by atoms with E-state index in [1.165, 1.54) is 18.3 Å². The molecule has 0 bridgehead atoms. The van der Waals surface area contributed by atoms with Gasteiger partial charge >= 0.3 is 6.18 Å². The molecule has 5 rings (SSSR count). The van der Waals surface area contributed by atoms with Gasteiger partial charge in [0.05, 0.1) is 11.4 Å². The molecular formula is C22H16F3N3O3. The van der Waals surface area contributed by atoms with Crippen LogP contribution >= 0.6 is 0 Å². The van der Waals surface area contributed by atoms with Gasteiger partial charge in [0.2, 0.25) is 5.76 Å². The van der Waals surface area contributed by atoms with E-state index < -0.39 is 29.0 Å². The summed E-state index contributed by atoms with van der Waals surface area (Å²) in [5, 5.41) is 14.9. The largest absolute Gasteiger partial charge is 0.422 e. The summed E-state index contributed by atoms with van der Waals surface area (Å²) in [6.07, 6.45) is -1.03. The smallest absolute Gasteiger partial charge is 0.354 e. The number of alkyl halides is 3. The quantitative estimate of drug-likeness (QED) is 0.644. The molecule has 1 unspecified atom stereocenters. The number of fused-ring (bicyclic) bond motifs is 2. The number of nitrogens with zero attached hydrogens (tertiary/aromatic N) is 2. The molecular weight excluding hydrogens is 411 g/mol. The topological polar surface area (TPSA) is 80.4 Å². The van der Waals surface area contributed by atoms with E-state index in [2.05, 4.69) is 22.2 Å². The molecule has 2 N–H and O–H groups in total. The first-order valence-electron chi connectivity index (χ1n) is 9.47. The van der Waals surface area contributed by atoms with Crippen LogP contribution in [0.25, 0.3) is 23.2 Å². The Morgan fingerprint density at radius 1 is 1.19 bits per heavy atom. The summed E-state index contributed by atoms with van der Waals surface area (Å²) in [5.74, 6) is -3.29. The molecule has 31 heavy (non-hydrogen) atoms. The van der Waals surface area contributed by atoms with Gasteiger partial charge in [0.1, 0.15) is 11.3 Å². The van der Waals surface area contributed by atoms with Crippen LogP contribution in [0.4, 0.5) is 13.2 Å². The lowest BCUT2D eigenvalue weighted by Gasteiger charge is -2.24. The number of hydrogen-bond acceptors (Lipinski definition) is 6. The van der Waals surface area contributed by atoms with E-state index in [9.17, 15) is 18.3 Å². The van der Waals surface area contributed by atoms with Crippen molar-refractivity contribution in [3.05, 3.63) is 82.8 Å². The Kier molecular flexibility index (Phi) is 4.28. The number of nitrogens with one attached hydrogen (secondary N) is 1. The van der Waals surface area contributed by atoms with E-state index in [4.69, 9.17) is 9.36 Å². The average molecular weight is 427 g/mol. The molecule has 1 aromatic carbocycles. The average Bonchev–Trinajstić information content (AvgIpc) is 3.37. The minimum atomic E-state index is -4.87. The summed E-state index contributed by atoms with van der Waals surface area (Å²) in [5.41, 5.74) is 4.14. The Labute approximate surface area is 174 Å². The second-order valence-corrected chi connectivity index (χ2v) is 7.27. The van der Waals surface area contributed by atoms with Crippen molar-refractivity contribution in [1.29, 1.82) is 0 Å². The molecule has 0 amide bonds. The molecule has 2 aliphatic rings. The first-order valence-corrected chi connectivity index (χ1v) is 9.47. The number of halogens is 3. The number of rotatable bonds is 3. The number of hydrogen-bond donors (Lipinski definition) is 2. The first kappa shape index (κ1) is 19.5. The van der Waals surface area contributed by atoms with Crippen molar-refractivity contribution < 1.29 is 27.6 Å². The molecule has 6 nitrogen and oxygen atoms in total. The van der Waals surface area contributed by atoms with Crippen molar-refractivity contribution in [2.75, 3.05) is 0 Å². The van der Waals surface area contributed by atoms with Crippen LogP contribution in [0.2, 0.25) is 0 Å². The van der Waals surface area contributed by atoms with Gasteiger partial charge in [0, 0.05) is 17.3 Å². The standard InChI is InChI=1S/C22H16F3N3O3/c1-2-12-6-8-14-13(11-12)7-9-15-18(14)28-31-21(15,29)20-17(22(23,24)25)19(27-30-20)16-5-3-4-10-26-16/h2-6,8,10-11,28-29H,1,7,9H2. The second kappa shape index (κ2) is 6.79. The van der Waals surface area contributed by atoms with Gasteiger partial charge in [0.15, 0.2) is 0 Å². The highest BCUT2D eigenvalue weighted by atomic mass is 19.4. The summed E-state index contributed by atoms with van der Waals surface area (Å²) in [4.78, 5) is 9.26. The van der Waals surface area contributed by atoms with Crippen LogP contribution in [0.15, 0.2) is 59.3 Å². The van der Waals surface area contributed by atoms with Crippen LogP contribution in [-0.4, -0.2) is 15.2 Å². The van der Waals surface area contributed by atoms with E-state index in [1.807, 2.05) is 18.2 Å². The Balaban J connectivity index is 1.67. The zero-order valence-electron chi connectivity index (χ0n) is 16.0. The molecule has 0 fully saturated rings. The van der Waals surface area contributed by atoms with Gasteiger partial charge in [-0.3, -0.25) is 10.5 Å². The Morgan fingerprint density at radius 3 is 2.74 bits per heavy atom. The number of aryl methyl sites for hydroxylation is 1. The Morgan fingerprint density at radius 2 is 2.03 bits per heavy atom. The van der Waals surface area contributed by atoms with Gasteiger partial charge in [-0.15, -0.1) is 0 Å². The van der Waals surface area contributed by atoms with Gasteiger partial charge in [-0.05, 0) is 36.1 Å². The monoisotopic (exact) mass is 427 g/mol. The maximum Gasteiger partial charge on any atom is 0.422 e. The molecule has 0 saturated heterocycles. The number of benzene rings is 1. The van der Waals surface area contributed by atoms with Crippen molar-refractivity contribution >= 4 is 11.8 Å². The maximum atomic E-state index is 14.1. The number of pyridine rings is 1. The Hall–Kier alpha value is -3.43. The lowest BCUT2D eigenvalue weighted by atomic mass is 9.84. The van der Waals surface area contributed by atoms with E-state index in [-0.39, 0.29) is 17.7 Å². The van der Waals surface area contributed by atoms with Crippen molar-refractivity contribution in [3.63, 3.8) is 0 Å². The van der Waals surface area contributed by atoms with Crippen LogP contribution in [0.5, 0.6) is 0 Å². The highest BCUT2D eigenvalue weighted by molar-refractivity contribution is 5.76. The van der Waals surface area contributed by atoms with E-state index >= 15 is 0 Å². The van der Waals surface area contributed by atoms with Gasteiger partial charge in [-0.2, -0.15) is 13.2 Å². The lowest BCUT2D eigenvalue weighted by Crippen LogP contribution is -2.32. The van der Waals surface area contributed by atoms with Crippen LogP contribution in [0.1, 0.15) is 34.4 Å². The second-order valence-electron chi connectivity index (χ2n) is 7.27. The summed E-state index contributed by atoms with van der Waals surface area (Å²) < 4.78 is 47.2. The van der Waals surface area contributed by atoms with Crippen LogP contribution < -0.4 is 5.48 Å². The zero-order chi connectivity index (χ0) is 21.8. The third kappa shape index (κ3) is 2.96. The van der Waals surface area contributed by atoms with Crippen molar-refractivity contribution in [2.24, 2.45) is 0 Å². The highest BCUT2D eigenvalue weighted by Crippen LogP contribution is 2.50. The van der Waals surface area contributed by atoms with Crippen molar-refractivity contribution in [3.8, 4) is 11.4 Å². The molecule has 1 aliphatic heterocycles. The fraction of sp³-hybridized carbons (Fsp3) is 0.182. The third-order valence-corrected chi connectivity index (χ3v) is 5.48. The molecule has 9 heteroatoms. The SMILES string of the molecule is C=Cc1ccc2c(c1)CCC1=C2NOC1(O)c1onc(-c2ccccn2)c1C(F)(F)F. The van der Waals surface area contributed by atoms with E-state index in [0.717, 1.165) is 16.7 Å². The van der Waals surface area contributed by atoms with Gasteiger partial charge in [-0.25, -0.2) is 4.84 Å². The maximum absolute atomic E-state index is 14.1. The van der Waals surface area contributed by atoms with Crippen LogP contribution in [0.3, 0.4) is 0 Å². The highest BCUT2D eigenvalue weighted by Gasteiger charge is 2.54. The predicted octanol–water partition coefficient (Wildman–Crippen LogP) is 4.44. The fourth-order valence-electron chi connectivity index (χ4n) is 4.03. The number of aromatic nitrogens is 2. The summed E-state index contributed by atoms with van der Waals surface area (Å²) in [6.45, 7) is 3.75. The predicted molar refractivity (Wildman–Crippen MR) is 105 cm³/mol. The molecule has 1 aliphatic carbocycles. The normalized spacial score (nSPS) is 20.3. The molecule has 0 saturated carbocycles. The van der Waals surface area contributed by atoms with Crippen LogP contribution in [-0.2, 0) is 23.2 Å². The Bertz CT molecular complexity index is 1220. The summed E-state index contributed by atoms with van der Waals surface area (Å²) >= 11 is 0. The molecule has 1 atom stereocenters. The zero-order valence-corrected chi connectivity index (χ0v) is 16.0. The lowest BCUT2D eigenvalue weighted by molar-refractivity contribution is -0.214. The summed E-state index contributed by atoms with van der Waals surface area (Å²) in [7, 11) is 0. The molecule has 0 radical (unpaired) electrons.